The van der Waals surface area contributed by atoms with Gasteiger partial charge >= 0.3 is 0 Å². The van der Waals surface area contributed by atoms with Crippen LogP contribution < -0.4 is 5.32 Å². The van der Waals surface area contributed by atoms with Gasteiger partial charge in [-0.05, 0) is 20.8 Å². The fraction of sp³-hybridized carbons (Fsp3) is 1.00. The van der Waals surface area contributed by atoms with Crippen molar-refractivity contribution in [2.45, 2.75) is 39.1 Å². The number of nitrogens with one attached hydrogen (secondary N) is 1. The van der Waals surface area contributed by atoms with Crippen molar-refractivity contribution in [3.8, 4) is 0 Å². The van der Waals surface area contributed by atoms with Crippen LogP contribution in [0.25, 0.3) is 0 Å². The van der Waals surface area contributed by atoms with Gasteiger partial charge in [0.25, 0.3) is 0 Å². The molecule has 0 radical (unpaired) electrons. The quantitative estimate of drug-likeness (QED) is 0.684. The Kier molecular flexibility index (Phi) is 3.98. The molecule has 1 N–H and O–H groups in total. The first-order chi connectivity index (χ1) is 5.68. The fourth-order valence-corrected chi connectivity index (χ4v) is 1.27. The molecule has 0 aliphatic carbocycles. The van der Waals surface area contributed by atoms with E-state index in [1.165, 1.54) is 0 Å². The normalized spacial score (nSPS) is 31.0. The molecule has 2 atom stereocenters. The first-order valence-electron chi connectivity index (χ1n) is 4.66. The van der Waals surface area contributed by atoms with E-state index in [1.54, 1.807) is 0 Å². The van der Waals surface area contributed by atoms with Crippen LogP contribution in [-0.2, 0) is 9.47 Å². The molecule has 3 heteroatoms. The largest absolute Gasteiger partial charge is 0.376 e. The Morgan fingerprint density at radius 3 is 2.83 bits per heavy atom. The summed E-state index contributed by atoms with van der Waals surface area (Å²) in [6, 6.07) is 0. The molecule has 0 aromatic heterocycles. The van der Waals surface area contributed by atoms with E-state index in [1.807, 2.05) is 13.8 Å². The smallest absolute Gasteiger partial charge is 0.0936 e. The predicted octanol–water partition coefficient (Wildman–Crippen LogP) is 0.788. The van der Waals surface area contributed by atoms with Gasteiger partial charge in [-0.1, -0.05) is 0 Å². The highest BCUT2D eigenvalue weighted by atomic mass is 16.5. The van der Waals surface area contributed by atoms with Crippen LogP contribution in [0.4, 0.5) is 0 Å². The third kappa shape index (κ3) is 3.52. The van der Waals surface area contributed by atoms with Crippen molar-refractivity contribution < 1.29 is 9.47 Å². The first kappa shape index (κ1) is 9.96. The van der Waals surface area contributed by atoms with E-state index in [0.29, 0.717) is 18.8 Å². The molecular weight excluding hydrogens is 154 g/mol. The molecule has 0 amide bonds. The highest BCUT2D eigenvalue weighted by molar-refractivity contribution is 4.71. The van der Waals surface area contributed by atoms with Gasteiger partial charge in [-0.25, -0.2) is 0 Å². The molecule has 1 aliphatic heterocycles. The first-order valence-corrected chi connectivity index (χ1v) is 4.66. The molecule has 72 valence electrons. The maximum Gasteiger partial charge on any atom is 0.0936 e. The van der Waals surface area contributed by atoms with Crippen molar-refractivity contribution in [3.63, 3.8) is 0 Å². The van der Waals surface area contributed by atoms with Crippen LogP contribution in [0.1, 0.15) is 20.8 Å². The average Bonchev–Trinajstić information content (AvgIpc) is 2.01. The van der Waals surface area contributed by atoms with Crippen molar-refractivity contribution in [3.05, 3.63) is 0 Å². The SMILES string of the molecule is CC(C)OC[C@@H]1CNC[C@@H](C)O1. The van der Waals surface area contributed by atoms with Crippen LogP contribution in [0, 0.1) is 0 Å². The molecule has 1 rings (SSSR count). The van der Waals surface area contributed by atoms with Crippen molar-refractivity contribution in [2.24, 2.45) is 0 Å². The van der Waals surface area contributed by atoms with E-state index in [9.17, 15) is 0 Å². The second-order valence-corrected chi connectivity index (χ2v) is 3.61. The minimum atomic E-state index is 0.233. The molecule has 0 saturated carbocycles. The molecule has 0 spiro atoms. The molecule has 0 bridgehead atoms. The zero-order chi connectivity index (χ0) is 8.97. The Balaban J connectivity index is 2.14. The van der Waals surface area contributed by atoms with E-state index in [4.69, 9.17) is 9.47 Å². The zero-order valence-corrected chi connectivity index (χ0v) is 8.17. The summed E-state index contributed by atoms with van der Waals surface area (Å²) in [6.45, 7) is 8.73. The molecule has 1 heterocycles. The van der Waals surface area contributed by atoms with Crippen molar-refractivity contribution >= 4 is 0 Å². The summed E-state index contributed by atoms with van der Waals surface area (Å²) in [7, 11) is 0. The summed E-state index contributed by atoms with van der Waals surface area (Å²) in [6.07, 6.45) is 0.849. The minimum absolute atomic E-state index is 0.233. The number of hydrogen-bond acceptors (Lipinski definition) is 3. The van der Waals surface area contributed by atoms with E-state index < -0.39 is 0 Å². The summed E-state index contributed by atoms with van der Waals surface area (Å²) in [5, 5.41) is 3.30. The molecule has 0 aromatic rings. The lowest BCUT2D eigenvalue weighted by Gasteiger charge is -2.29. The lowest BCUT2D eigenvalue weighted by Crippen LogP contribution is -2.45. The third-order valence-corrected chi connectivity index (χ3v) is 1.84. The summed E-state index contributed by atoms with van der Waals surface area (Å²) in [4.78, 5) is 0. The van der Waals surface area contributed by atoms with E-state index in [-0.39, 0.29) is 6.10 Å². The Labute approximate surface area is 74.4 Å². The summed E-state index contributed by atoms with van der Waals surface area (Å²) >= 11 is 0. The predicted molar refractivity (Wildman–Crippen MR) is 48.3 cm³/mol. The highest BCUT2D eigenvalue weighted by Gasteiger charge is 2.18. The molecule has 12 heavy (non-hydrogen) atoms. The lowest BCUT2D eigenvalue weighted by molar-refractivity contribution is -0.0792. The van der Waals surface area contributed by atoms with Crippen LogP contribution in [0.2, 0.25) is 0 Å². The second-order valence-electron chi connectivity index (χ2n) is 3.61. The topological polar surface area (TPSA) is 30.5 Å². The lowest BCUT2D eigenvalue weighted by atomic mass is 10.2. The third-order valence-electron chi connectivity index (χ3n) is 1.84. The maximum atomic E-state index is 5.65. The number of hydrogen-bond donors (Lipinski definition) is 1. The average molecular weight is 173 g/mol. The number of ether oxygens (including phenoxy) is 2. The van der Waals surface area contributed by atoms with Gasteiger partial charge in [0.1, 0.15) is 0 Å². The molecule has 0 unspecified atom stereocenters. The van der Waals surface area contributed by atoms with Gasteiger partial charge in [-0.15, -0.1) is 0 Å². The minimum Gasteiger partial charge on any atom is -0.376 e. The fourth-order valence-electron chi connectivity index (χ4n) is 1.27. The monoisotopic (exact) mass is 173 g/mol. The molecule has 1 fully saturated rings. The van der Waals surface area contributed by atoms with Gasteiger partial charge in [-0.3, -0.25) is 0 Å². The molecule has 1 aliphatic rings. The summed E-state index contributed by atoms with van der Waals surface area (Å²) in [5.74, 6) is 0. The number of morpholine rings is 1. The summed E-state index contributed by atoms with van der Waals surface area (Å²) in [5.41, 5.74) is 0. The van der Waals surface area contributed by atoms with Gasteiger partial charge in [0.15, 0.2) is 0 Å². The Hall–Kier alpha value is -0.120. The van der Waals surface area contributed by atoms with Gasteiger partial charge in [-0.2, -0.15) is 0 Å². The van der Waals surface area contributed by atoms with E-state index >= 15 is 0 Å². The van der Waals surface area contributed by atoms with Crippen LogP contribution in [-0.4, -0.2) is 38.0 Å². The Morgan fingerprint density at radius 1 is 1.50 bits per heavy atom. The molecule has 0 aromatic carbocycles. The van der Waals surface area contributed by atoms with Crippen LogP contribution in [0.3, 0.4) is 0 Å². The van der Waals surface area contributed by atoms with Crippen molar-refractivity contribution in [1.82, 2.24) is 5.32 Å². The highest BCUT2D eigenvalue weighted by Crippen LogP contribution is 2.04. The van der Waals surface area contributed by atoms with Crippen molar-refractivity contribution in [2.75, 3.05) is 19.7 Å². The number of rotatable bonds is 3. The Morgan fingerprint density at radius 2 is 2.25 bits per heavy atom. The summed E-state index contributed by atoms with van der Waals surface area (Å²) < 4.78 is 11.1. The van der Waals surface area contributed by atoms with Crippen molar-refractivity contribution in [1.29, 1.82) is 0 Å². The van der Waals surface area contributed by atoms with E-state index in [0.717, 1.165) is 13.1 Å². The molecular formula is C9H19NO2. The van der Waals surface area contributed by atoms with Crippen LogP contribution in [0.5, 0.6) is 0 Å². The van der Waals surface area contributed by atoms with Gasteiger partial charge in [0.05, 0.1) is 24.9 Å². The molecule has 1 saturated heterocycles. The molecule has 3 nitrogen and oxygen atoms in total. The van der Waals surface area contributed by atoms with Crippen LogP contribution >= 0.6 is 0 Å². The standard InChI is InChI=1S/C9H19NO2/c1-7(2)11-6-9-5-10-4-8(3)12-9/h7-10H,4-6H2,1-3H3/t8-,9+/m1/s1. The van der Waals surface area contributed by atoms with Gasteiger partial charge in [0.2, 0.25) is 0 Å². The zero-order valence-electron chi connectivity index (χ0n) is 8.17. The van der Waals surface area contributed by atoms with Gasteiger partial charge < -0.3 is 14.8 Å². The second kappa shape index (κ2) is 4.80. The maximum absolute atomic E-state index is 5.65. The Bertz CT molecular complexity index is 128. The van der Waals surface area contributed by atoms with Gasteiger partial charge in [0, 0.05) is 13.1 Å². The van der Waals surface area contributed by atoms with E-state index in [2.05, 4.69) is 12.2 Å². The van der Waals surface area contributed by atoms with Crippen LogP contribution in [0.15, 0.2) is 0 Å².